The maximum atomic E-state index is 17.0. The molecule has 4 atom stereocenters. The highest BCUT2D eigenvalue weighted by Crippen LogP contribution is 2.53. The molecule has 6 aromatic carbocycles. The number of piperazine rings is 1. The van der Waals surface area contributed by atoms with Crippen LogP contribution >= 0.6 is 34.8 Å². The number of phenolic OH excluding ortho intramolecular Hbond substituents is 1. The number of nitrogens with one attached hydrogen (secondary N) is 4. The third-order valence-corrected chi connectivity index (χ3v) is 17.0. The Morgan fingerprint density at radius 2 is 1.55 bits per heavy atom. The molecule has 7 N–H and O–H groups in total. The second kappa shape index (κ2) is 30.0. The van der Waals surface area contributed by atoms with E-state index in [0.29, 0.717) is 60.3 Å². The number of nitriles is 1. The molecule has 0 aliphatic carbocycles. The van der Waals surface area contributed by atoms with Gasteiger partial charge in [0.25, 0.3) is 5.91 Å². The summed E-state index contributed by atoms with van der Waals surface area (Å²) in [5.41, 5.74) is 3.91. The van der Waals surface area contributed by atoms with Gasteiger partial charge in [0.15, 0.2) is 5.82 Å². The molecule has 3 heterocycles. The van der Waals surface area contributed by atoms with E-state index in [-0.39, 0.29) is 137 Å². The monoisotopic (exact) mass is 1320 g/mol. The Labute approximate surface area is 545 Å². The number of fused-ring (bicyclic) bond motifs is 2. The van der Waals surface area contributed by atoms with Crippen molar-refractivity contribution in [2.24, 2.45) is 11.1 Å². The fraction of sp³-hybridized carbons (Fsp3) is 0.379. The number of anilines is 3. The molecule has 486 valence electrons. The van der Waals surface area contributed by atoms with Gasteiger partial charge in [0, 0.05) is 98.3 Å². The minimum absolute atomic E-state index is 0.0302. The number of phenols is 1. The molecule has 0 spiro atoms. The summed E-state index contributed by atoms with van der Waals surface area (Å²) in [6.07, 6.45) is 0.323. The number of carbonyl (C=O) groups is 4. The van der Waals surface area contributed by atoms with Gasteiger partial charge in [0.1, 0.15) is 39.9 Å². The van der Waals surface area contributed by atoms with Crippen molar-refractivity contribution in [1.82, 2.24) is 30.4 Å². The molecule has 0 unspecified atom stereocenters. The van der Waals surface area contributed by atoms with Crippen LogP contribution in [0.25, 0.3) is 32.8 Å². The lowest BCUT2D eigenvalue weighted by molar-refractivity contribution is -0.130. The number of carbonyl (C=O) groups excluding carboxylic acids is 4. The highest BCUT2D eigenvalue weighted by Gasteiger charge is 2.61. The van der Waals surface area contributed by atoms with Gasteiger partial charge in [-0.15, -0.1) is 0 Å². The van der Waals surface area contributed by atoms with Gasteiger partial charge in [-0.1, -0.05) is 98.0 Å². The molecule has 0 saturated carbocycles. The van der Waals surface area contributed by atoms with Gasteiger partial charge in [0.2, 0.25) is 17.8 Å². The van der Waals surface area contributed by atoms with E-state index in [1.165, 1.54) is 71.5 Å². The Morgan fingerprint density at radius 1 is 0.837 bits per heavy atom. The number of aromatic nitrogens is 2. The Balaban J connectivity index is 0.708. The molecule has 5 amide bonds. The number of halogens is 6. The third kappa shape index (κ3) is 15.5. The molecule has 20 nitrogen and oxygen atoms in total. The maximum absolute atomic E-state index is 17.0. The zero-order chi connectivity index (χ0) is 66.0. The van der Waals surface area contributed by atoms with E-state index in [9.17, 15) is 29.5 Å². The molecular weight excluding hydrogens is 1250 g/mol. The van der Waals surface area contributed by atoms with Crippen molar-refractivity contribution in [3.05, 3.63) is 146 Å². The minimum atomic E-state index is -1.84. The largest absolute Gasteiger partial charge is 0.508 e. The van der Waals surface area contributed by atoms with Gasteiger partial charge < -0.3 is 65.8 Å². The smallest absolute Gasteiger partial charge is 0.314 e. The normalized spacial score (nSPS) is 17.4. The zero-order valence-corrected chi connectivity index (χ0v) is 53.6. The van der Waals surface area contributed by atoms with E-state index in [2.05, 4.69) is 32.3 Å². The van der Waals surface area contributed by atoms with E-state index in [4.69, 9.17) is 64.5 Å². The summed E-state index contributed by atoms with van der Waals surface area (Å²) in [6, 6.07) is 24.1. The first kappa shape index (κ1) is 68.2. The summed E-state index contributed by atoms with van der Waals surface area (Å²) in [5, 5.41) is 35.5. The number of benzene rings is 6. The fourth-order valence-corrected chi connectivity index (χ4v) is 12.4. The summed E-state index contributed by atoms with van der Waals surface area (Å²) < 4.78 is 71.9. The quantitative estimate of drug-likeness (QED) is 0.0291. The van der Waals surface area contributed by atoms with Crippen LogP contribution in [0, 0.1) is 34.2 Å². The van der Waals surface area contributed by atoms with Crippen LogP contribution in [-0.2, 0) is 29.2 Å². The van der Waals surface area contributed by atoms with Crippen molar-refractivity contribution in [3.8, 4) is 28.7 Å². The topological polar surface area (TPSA) is 259 Å². The van der Waals surface area contributed by atoms with Crippen LogP contribution in [0.5, 0.6) is 11.5 Å². The van der Waals surface area contributed by atoms with Crippen molar-refractivity contribution in [2.45, 2.75) is 57.0 Å². The van der Waals surface area contributed by atoms with Crippen LogP contribution in [-0.4, -0.2) is 160 Å². The number of aromatic hydroxyl groups is 1. The molecule has 2 fully saturated rings. The molecular formula is C66H71Cl3F3N11O9. The lowest BCUT2D eigenvalue weighted by Crippen LogP contribution is -2.50. The predicted molar refractivity (Wildman–Crippen MR) is 347 cm³/mol. The molecule has 0 radical (unpaired) electrons. The maximum Gasteiger partial charge on any atom is 0.314 e. The summed E-state index contributed by atoms with van der Waals surface area (Å²) in [6.45, 7) is 9.08. The van der Waals surface area contributed by atoms with Gasteiger partial charge >= 0.3 is 6.03 Å². The third-order valence-electron chi connectivity index (χ3n) is 16.2. The van der Waals surface area contributed by atoms with E-state index < -0.39 is 64.1 Å². The van der Waals surface area contributed by atoms with Gasteiger partial charge in [-0.25, -0.2) is 22.9 Å². The lowest BCUT2D eigenvalue weighted by Gasteiger charge is -2.37. The molecule has 2 saturated heterocycles. The highest BCUT2D eigenvalue weighted by molar-refractivity contribution is 6.35. The predicted octanol–water partition coefficient (Wildman–Crippen LogP) is 10.4. The SMILES string of the molecule is COc1cc(C(=O)NCCOCCOCCOCCN(C)C(=O)CCNc2nc(N3CCN(C(N)=O)CC3)c3cc(Cl)c(-c4cc(O)cc5ccccc45)c(F)c3n2)ccc1NC(=O)[C@@H]1N[C@@H](CC(C)(C)C)[C@](C#N)(c2ccc(Cl)cc2F)[C@H]1c1cccc(Cl)c1F. The Kier molecular flexibility index (Phi) is 22.3. The van der Waals surface area contributed by atoms with Crippen LogP contribution in [0.1, 0.15) is 61.0 Å². The number of nitrogens with two attached hydrogens (primary N) is 1. The van der Waals surface area contributed by atoms with Gasteiger partial charge in [-0.05, 0) is 88.3 Å². The van der Waals surface area contributed by atoms with E-state index >= 15 is 13.2 Å². The van der Waals surface area contributed by atoms with Crippen molar-refractivity contribution in [1.29, 1.82) is 5.26 Å². The lowest BCUT2D eigenvalue weighted by atomic mass is 9.62. The first-order valence-electron chi connectivity index (χ1n) is 29.8. The van der Waals surface area contributed by atoms with E-state index in [1.54, 1.807) is 25.2 Å². The van der Waals surface area contributed by atoms with Crippen LogP contribution < -0.4 is 36.6 Å². The van der Waals surface area contributed by atoms with Gasteiger partial charge in [0.05, 0.1) is 74.6 Å². The molecule has 92 heavy (non-hydrogen) atoms. The Hall–Kier alpha value is -8.21. The van der Waals surface area contributed by atoms with Crippen LogP contribution in [0.15, 0.2) is 97.1 Å². The Morgan fingerprint density at radius 3 is 2.25 bits per heavy atom. The number of hydrogen-bond acceptors (Lipinski definition) is 15. The van der Waals surface area contributed by atoms with Crippen LogP contribution in [0.2, 0.25) is 15.1 Å². The summed E-state index contributed by atoms with van der Waals surface area (Å²) in [5.74, 6) is -4.50. The molecule has 26 heteroatoms. The molecule has 2 aliphatic heterocycles. The van der Waals surface area contributed by atoms with Gasteiger partial charge in [-0.2, -0.15) is 10.2 Å². The van der Waals surface area contributed by atoms with Crippen molar-refractivity contribution >= 4 is 97.7 Å². The highest BCUT2D eigenvalue weighted by atomic mass is 35.5. The number of primary amides is 1. The second-order valence-corrected chi connectivity index (χ2v) is 24.8. The minimum Gasteiger partial charge on any atom is -0.508 e. The number of hydrogen-bond donors (Lipinski definition) is 6. The number of likely N-dealkylation sites (N-methyl/N-ethyl adjacent to an activating group) is 1. The molecule has 2 aliphatic rings. The number of urea groups is 1. The number of rotatable bonds is 25. The first-order valence-corrected chi connectivity index (χ1v) is 30.9. The summed E-state index contributed by atoms with van der Waals surface area (Å²) in [7, 11) is 3.01. The summed E-state index contributed by atoms with van der Waals surface area (Å²) >= 11 is 19.3. The Bertz CT molecular complexity index is 3930. The number of methoxy groups -OCH3 is 1. The van der Waals surface area contributed by atoms with E-state index in [0.717, 1.165) is 6.07 Å². The summed E-state index contributed by atoms with van der Waals surface area (Å²) in [4.78, 5) is 67.2. The number of amides is 5. The van der Waals surface area contributed by atoms with Crippen LogP contribution in [0.4, 0.5) is 35.4 Å². The number of ether oxygens (including phenoxy) is 4. The second-order valence-electron chi connectivity index (χ2n) is 23.5. The van der Waals surface area contributed by atoms with Crippen molar-refractivity contribution < 1.29 is 56.4 Å². The molecule has 0 bridgehead atoms. The van der Waals surface area contributed by atoms with E-state index in [1.807, 2.05) is 43.9 Å². The number of nitrogens with zero attached hydrogens (tertiary/aromatic N) is 6. The average Bonchev–Trinajstić information content (AvgIpc) is 1.50. The van der Waals surface area contributed by atoms with Crippen molar-refractivity contribution in [3.63, 3.8) is 0 Å². The van der Waals surface area contributed by atoms with Crippen molar-refractivity contribution in [2.75, 3.05) is 115 Å². The van der Waals surface area contributed by atoms with Gasteiger partial charge in [-0.3, -0.25) is 14.4 Å². The first-order chi connectivity index (χ1) is 44.0. The van der Waals surface area contributed by atoms with Crippen LogP contribution in [0.3, 0.4) is 0 Å². The standard InChI is InChI=1S/C66H71Cl3F3N11O9/c1-65(2,3)36-52-66(37-73,46-15-14-40(67)33-49(46)70)55(43-11-8-12-47(68)56(43)71)59(78-52)62(87)77-50-16-13-39(32-51(50)89-5)61(86)75-19-25-90-27-29-92-30-28-91-26-24-81(4)53(85)17-18-76-64-79-58-45(60(80-64)82-20-22-83(23-21-82)63(74)88)35-48(69)54(57(58)72)44-34-41(84)31-38-9-6-7-10-42(38)44/h6-16,31-35,52,55,59,78,84H,17-30,36H2,1-5H3,(H2,74,88)(H,75,86)(H,77,87)(H,76,79,80)/t52-,55-,59+,66-/m0/s1. The zero-order valence-electron chi connectivity index (χ0n) is 51.3. The molecule has 7 aromatic rings. The molecule has 1 aromatic heterocycles. The average molecular weight is 1330 g/mol. The molecule has 9 rings (SSSR count). The fourth-order valence-electron chi connectivity index (χ4n) is 11.8.